The number of ether oxygens (including phenoxy) is 2. The highest BCUT2D eigenvalue weighted by Gasteiger charge is 2.40. The first-order valence-corrected chi connectivity index (χ1v) is 17.1. The van der Waals surface area contributed by atoms with Gasteiger partial charge in [0.15, 0.2) is 5.60 Å². The lowest BCUT2D eigenvalue weighted by molar-refractivity contribution is -0.170. The van der Waals surface area contributed by atoms with Gasteiger partial charge < -0.3 is 29.9 Å². The van der Waals surface area contributed by atoms with Crippen molar-refractivity contribution >= 4 is 29.8 Å². The van der Waals surface area contributed by atoms with Crippen LogP contribution < -0.4 is 0 Å². The van der Waals surface area contributed by atoms with Gasteiger partial charge in [-0.05, 0) is 19.3 Å². The van der Waals surface area contributed by atoms with Crippen molar-refractivity contribution in [3.8, 4) is 0 Å². The quantitative estimate of drug-likeness (QED) is 0.0472. The van der Waals surface area contributed by atoms with Gasteiger partial charge in [0.25, 0.3) is 0 Å². The van der Waals surface area contributed by atoms with Crippen molar-refractivity contribution in [3.05, 3.63) is 0 Å². The Morgan fingerprint density at radius 3 is 1.33 bits per heavy atom. The number of hydrogen-bond donors (Lipinski definition) is 4. The third-order valence-corrected chi connectivity index (χ3v) is 7.44. The minimum Gasteiger partial charge on any atom is -0.481 e. The van der Waals surface area contributed by atoms with Crippen LogP contribution in [0.4, 0.5) is 0 Å². The molecule has 0 rings (SSSR count). The molecule has 0 aromatic rings. The average molecular weight is 647 g/mol. The fraction of sp³-hybridized carbons (Fsp3) is 0.853. The van der Waals surface area contributed by atoms with E-state index in [0.717, 1.165) is 44.9 Å². The second-order valence-corrected chi connectivity index (χ2v) is 11.9. The van der Waals surface area contributed by atoms with Crippen LogP contribution in [0.5, 0.6) is 0 Å². The normalized spacial score (nSPS) is 11.6. The third-order valence-electron chi connectivity index (χ3n) is 7.44. The predicted octanol–water partition coefficient (Wildman–Crippen LogP) is 7.30. The average Bonchev–Trinajstić information content (AvgIpc) is 2.96. The lowest BCUT2D eigenvalue weighted by Crippen LogP contribution is -2.42. The van der Waals surface area contributed by atoms with Crippen molar-refractivity contribution in [1.82, 2.24) is 0 Å². The first kappa shape index (κ1) is 44.4. The van der Waals surface area contributed by atoms with Crippen molar-refractivity contribution in [2.24, 2.45) is 5.92 Å². The van der Waals surface area contributed by atoms with Crippen LogP contribution in [0.1, 0.15) is 162 Å². The molecule has 0 aliphatic heterocycles. The van der Waals surface area contributed by atoms with Crippen LogP contribution in [-0.2, 0) is 33.4 Å². The van der Waals surface area contributed by atoms with Crippen molar-refractivity contribution in [2.45, 2.75) is 168 Å². The van der Waals surface area contributed by atoms with Gasteiger partial charge in [0.05, 0.1) is 38.4 Å². The van der Waals surface area contributed by atoms with Crippen LogP contribution in [-0.4, -0.2) is 69.1 Å². The fourth-order valence-corrected chi connectivity index (χ4v) is 4.69. The zero-order chi connectivity index (χ0) is 34.3. The molecule has 0 spiro atoms. The Labute approximate surface area is 270 Å². The Kier molecular flexibility index (Phi) is 29.6. The van der Waals surface area contributed by atoms with Crippen LogP contribution >= 0.6 is 0 Å². The Morgan fingerprint density at radius 1 is 0.556 bits per heavy atom. The number of carboxylic acids is 3. The Hall–Kier alpha value is -2.69. The van der Waals surface area contributed by atoms with E-state index in [4.69, 9.17) is 29.9 Å². The van der Waals surface area contributed by atoms with Crippen LogP contribution in [0.2, 0.25) is 0 Å². The van der Waals surface area contributed by atoms with Crippen LogP contribution in [0, 0.1) is 5.92 Å². The van der Waals surface area contributed by atoms with E-state index in [2.05, 4.69) is 20.8 Å². The topological polar surface area (TPSA) is 185 Å². The lowest BCUT2D eigenvalue weighted by atomic mass is 9.96. The summed E-state index contributed by atoms with van der Waals surface area (Å²) in [6.45, 7) is 7.59. The summed E-state index contributed by atoms with van der Waals surface area (Å²) in [5, 5.41) is 33.8. The molecular weight excluding hydrogens is 584 g/mol. The fourth-order valence-electron chi connectivity index (χ4n) is 4.69. The van der Waals surface area contributed by atoms with E-state index in [1.807, 2.05) is 0 Å². The second kappa shape index (κ2) is 30.0. The molecule has 45 heavy (non-hydrogen) atoms. The number of aliphatic carboxylic acids is 3. The zero-order valence-corrected chi connectivity index (χ0v) is 28.2. The molecule has 0 heterocycles. The first-order chi connectivity index (χ1) is 21.4. The van der Waals surface area contributed by atoms with E-state index < -0.39 is 36.4 Å². The van der Waals surface area contributed by atoms with Gasteiger partial charge in [-0.25, -0.2) is 4.79 Å². The zero-order valence-electron chi connectivity index (χ0n) is 28.2. The van der Waals surface area contributed by atoms with Crippen molar-refractivity contribution < 1.29 is 53.9 Å². The second-order valence-electron chi connectivity index (χ2n) is 11.9. The molecule has 1 unspecified atom stereocenters. The molecule has 0 saturated carbocycles. The number of unbranched alkanes of at least 4 members (excludes halogenated alkanes) is 15. The maximum Gasteiger partial charge on any atom is 0.336 e. The highest BCUT2D eigenvalue weighted by molar-refractivity contribution is 5.88. The molecule has 0 radical (unpaired) electrons. The molecule has 0 aromatic heterocycles. The van der Waals surface area contributed by atoms with E-state index >= 15 is 0 Å². The van der Waals surface area contributed by atoms with Crippen molar-refractivity contribution in [3.63, 3.8) is 0 Å². The van der Waals surface area contributed by atoms with Crippen molar-refractivity contribution in [2.75, 3.05) is 13.2 Å². The SMILES string of the molecule is CCCCCCCCOC(=O)CC(CCCCCCCC)C(=O)OCCCCCCCC.O=C(O)CC(O)(CC(=O)O)C(=O)O. The highest BCUT2D eigenvalue weighted by atomic mass is 16.5. The van der Waals surface area contributed by atoms with E-state index in [0.29, 0.717) is 13.2 Å². The minimum atomic E-state index is -2.74. The van der Waals surface area contributed by atoms with Gasteiger partial charge >= 0.3 is 29.8 Å². The highest BCUT2D eigenvalue weighted by Crippen LogP contribution is 2.19. The summed E-state index contributed by atoms with van der Waals surface area (Å²) >= 11 is 0. The van der Waals surface area contributed by atoms with Gasteiger partial charge in [-0.3, -0.25) is 19.2 Å². The summed E-state index contributed by atoms with van der Waals surface area (Å²) in [7, 11) is 0. The van der Waals surface area contributed by atoms with E-state index in [9.17, 15) is 24.0 Å². The molecule has 264 valence electrons. The van der Waals surface area contributed by atoms with Gasteiger partial charge in [-0.15, -0.1) is 0 Å². The lowest BCUT2D eigenvalue weighted by Gasteiger charge is -2.18. The minimum absolute atomic E-state index is 0.167. The Bertz CT molecular complexity index is 781. The van der Waals surface area contributed by atoms with Gasteiger partial charge in [0.1, 0.15) is 0 Å². The van der Waals surface area contributed by atoms with Gasteiger partial charge in [-0.1, -0.05) is 124 Å². The molecule has 0 bridgehead atoms. The monoisotopic (exact) mass is 646 g/mol. The molecule has 0 amide bonds. The summed E-state index contributed by atoms with van der Waals surface area (Å²) < 4.78 is 11.0. The van der Waals surface area contributed by atoms with Crippen LogP contribution in [0.15, 0.2) is 0 Å². The molecule has 0 aliphatic carbocycles. The van der Waals surface area contributed by atoms with E-state index in [-0.39, 0.29) is 24.3 Å². The summed E-state index contributed by atoms with van der Waals surface area (Å²) in [5.74, 6) is -5.82. The number of hydrogen-bond acceptors (Lipinski definition) is 8. The van der Waals surface area contributed by atoms with Gasteiger partial charge in [-0.2, -0.15) is 0 Å². The number of carboxylic acid groups (broad SMARTS) is 3. The Morgan fingerprint density at radius 2 is 0.933 bits per heavy atom. The number of esters is 2. The summed E-state index contributed by atoms with van der Waals surface area (Å²) in [4.78, 5) is 55.4. The molecule has 11 heteroatoms. The summed E-state index contributed by atoms with van der Waals surface area (Å²) in [6.07, 6.45) is 19.7. The third kappa shape index (κ3) is 28.5. The standard InChI is InChI=1S/C28H54O4.C6H8O7/c1-4-7-10-13-16-19-22-26(28(30)32-24-21-18-15-12-9-6-3)25-27(29)31-23-20-17-14-11-8-5-2;7-3(8)1-6(13,5(11)12)2-4(9)10/h26H,4-25H2,1-3H3;13H,1-2H2,(H,7,8)(H,9,10)(H,11,12). The van der Waals surface area contributed by atoms with Gasteiger partial charge in [0.2, 0.25) is 0 Å². The molecule has 11 nitrogen and oxygen atoms in total. The largest absolute Gasteiger partial charge is 0.481 e. The van der Waals surface area contributed by atoms with E-state index in [1.165, 1.54) is 77.0 Å². The van der Waals surface area contributed by atoms with Crippen LogP contribution in [0.25, 0.3) is 0 Å². The molecule has 1 atom stereocenters. The molecular formula is C34H62O11. The summed E-state index contributed by atoms with van der Waals surface area (Å²) in [6, 6.07) is 0. The predicted molar refractivity (Wildman–Crippen MR) is 172 cm³/mol. The first-order valence-electron chi connectivity index (χ1n) is 17.1. The van der Waals surface area contributed by atoms with Gasteiger partial charge in [0, 0.05) is 0 Å². The number of aliphatic hydroxyl groups is 1. The van der Waals surface area contributed by atoms with Crippen LogP contribution in [0.3, 0.4) is 0 Å². The number of carbonyl (C=O) groups is 5. The molecule has 0 aliphatic rings. The molecule has 4 N–H and O–H groups in total. The number of rotatable bonds is 29. The molecule has 0 saturated heterocycles. The molecule has 0 aromatic carbocycles. The van der Waals surface area contributed by atoms with Crippen molar-refractivity contribution in [1.29, 1.82) is 0 Å². The Balaban J connectivity index is 0. The molecule has 0 fully saturated rings. The maximum absolute atomic E-state index is 12.6. The maximum atomic E-state index is 12.6. The summed E-state index contributed by atoms with van der Waals surface area (Å²) in [5.41, 5.74) is -2.74. The van der Waals surface area contributed by atoms with E-state index in [1.54, 1.807) is 0 Å². The smallest absolute Gasteiger partial charge is 0.336 e. The number of carbonyl (C=O) groups excluding carboxylic acids is 2.